The average molecular weight is 197 g/mol. The molecule has 0 aliphatic heterocycles. The van der Waals surface area contributed by atoms with E-state index >= 15 is 0 Å². The van der Waals surface area contributed by atoms with Crippen molar-refractivity contribution in [3.8, 4) is 0 Å². The Hall–Kier alpha value is -1.36. The maximum absolute atomic E-state index is 11.2. The van der Waals surface area contributed by atoms with E-state index in [2.05, 4.69) is 15.3 Å². The van der Waals surface area contributed by atoms with Crippen molar-refractivity contribution in [2.45, 2.75) is 25.8 Å². The molecule has 0 bridgehead atoms. The van der Waals surface area contributed by atoms with Crippen LogP contribution in [0.1, 0.15) is 25.1 Å². The van der Waals surface area contributed by atoms with Gasteiger partial charge >= 0.3 is 0 Å². The molecule has 5 nitrogen and oxygen atoms in total. The molecule has 3 N–H and O–H groups in total. The normalized spacial score (nSPS) is 10.1. The third-order valence-electron chi connectivity index (χ3n) is 1.82. The molecule has 1 aromatic rings. The zero-order chi connectivity index (χ0) is 10.2. The molecule has 1 heterocycles. The first-order valence-corrected chi connectivity index (χ1v) is 4.68. The Morgan fingerprint density at radius 1 is 1.57 bits per heavy atom. The predicted octanol–water partition coefficient (Wildman–Crippen LogP) is 0.188. The molecule has 1 rings (SSSR count). The Balaban J connectivity index is 2.09. The Morgan fingerprint density at radius 3 is 3.07 bits per heavy atom. The first-order valence-electron chi connectivity index (χ1n) is 4.68. The van der Waals surface area contributed by atoms with Crippen molar-refractivity contribution in [1.82, 2.24) is 15.3 Å². The number of unbranched alkanes of at least 4 members (excludes halogenated alkanes) is 1. The summed E-state index contributed by atoms with van der Waals surface area (Å²) < 4.78 is 0. The van der Waals surface area contributed by atoms with E-state index in [1.54, 1.807) is 12.4 Å². The van der Waals surface area contributed by atoms with Crippen molar-refractivity contribution >= 4 is 5.91 Å². The van der Waals surface area contributed by atoms with Crippen LogP contribution in [0.4, 0.5) is 0 Å². The Bertz CT molecular complexity index is 259. The van der Waals surface area contributed by atoms with Gasteiger partial charge in [0.1, 0.15) is 5.82 Å². The molecule has 78 valence electrons. The van der Waals surface area contributed by atoms with Crippen LogP contribution in [0.3, 0.4) is 0 Å². The van der Waals surface area contributed by atoms with E-state index in [1.807, 2.05) is 0 Å². The smallest absolute Gasteiger partial charge is 0.220 e. The molecule has 5 heteroatoms. The van der Waals surface area contributed by atoms with E-state index in [4.69, 9.17) is 5.11 Å². The first-order chi connectivity index (χ1) is 6.83. The Morgan fingerprint density at radius 2 is 2.43 bits per heavy atom. The second-order valence-corrected chi connectivity index (χ2v) is 2.99. The van der Waals surface area contributed by atoms with Crippen molar-refractivity contribution in [3.05, 3.63) is 18.2 Å². The molecule has 0 atom stereocenters. The zero-order valence-corrected chi connectivity index (χ0v) is 7.99. The van der Waals surface area contributed by atoms with Gasteiger partial charge in [-0.1, -0.05) is 0 Å². The molecular formula is C9H15N3O2. The van der Waals surface area contributed by atoms with Gasteiger partial charge in [0.25, 0.3) is 0 Å². The van der Waals surface area contributed by atoms with E-state index in [1.165, 1.54) is 0 Å². The van der Waals surface area contributed by atoms with Gasteiger partial charge in [0.15, 0.2) is 0 Å². The standard InChI is InChI=1S/C9H15N3O2/c13-6-2-1-3-9(14)12-7-8-10-4-5-11-8/h4-5,13H,1-3,6-7H2,(H,10,11)(H,12,14). The third-order valence-corrected chi connectivity index (χ3v) is 1.82. The maximum Gasteiger partial charge on any atom is 0.220 e. The van der Waals surface area contributed by atoms with Crippen molar-refractivity contribution in [2.24, 2.45) is 0 Å². The van der Waals surface area contributed by atoms with Crippen molar-refractivity contribution in [2.75, 3.05) is 6.61 Å². The number of imidazole rings is 1. The van der Waals surface area contributed by atoms with Crippen LogP contribution < -0.4 is 5.32 Å². The maximum atomic E-state index is 11.2. The van der Waals surface area contributed by atoms with Gasteiger partial charge in [0.2, 0.25) is 5.91 Å². The van der Waals surface area contributed by atoms with Crippen molar-refractivity contribution < 1.29 is 9.90 Å². The molecule has 0 saturated heterocycles. The van der Waals surface area contributed by atoms with Crippen LogP contribution in [0.25, 0.3) is 0 Å². The molecule has 14 heavy (non-hydrogen) atoms. The minimum atomic E-state index is -0.00477. The summed E-state index contributed by atoms with van der Waals surface area (Å²) in [7, 11) is 0. The third kappa shape index (κ3) is 4.04. The number of aromatic nitrogens is 2. The number of aliphatic hydroxyl groups excluding tert-OH is 1. The second-order valence-electron chi connectivity index (χ2n) is 2.99. The quantitative estimate of drug-likeness (QED) is 0.569. The highest BCUT2D eigenvalue weighted by molar-refractivity contribution is 5.75. The summed E-state index contributed by atoms with van der Waals surface area (Å²) in [6.45, 7) is 0.580. The molecule has 1 aromatic heterocycles. The summed E-state index contributed by atoms with van der Waals surface area (Å²) in [5.74, 6) is 0.746. The van der Waals surface area contributed by atoms with Gasteiger partial charge in [0.05, 0.1) is 6.54 Å². The van der Waals surface area contributed by atoms with Crippen molar-refractivity contribution in [3.63, 3.8) is 0 Å². The largest absolute Gasteiger partial charge is 0.396 e. The summed E-state index contributed by atoms with van der Waals surface area (Å²) >= 11 is 0. The number of nitrogens with one attached hydrogen (secondary N) is 2. The van der Waals surface area contributed by atoms with Gasteiger partial charge in [-0.25, -0.2) is 4.98 Å². The van der Waals surface area contributed by atoms with Crippen LogP contribution in [0.2, 0.25) is 0 Å². The van der Waals surface area contributed by atoms with Crippen LogP contribution in [0.15, 0.2) is 12.4 Å². The summed E-state index contributed by atoms with van der Waals surface area (Å²) in [6, 6.07) is 0. The minimum absolute atomic E-state index is 0.00477. The molecule has 0 aliphatic rings. The Kier molecular flexibility index (Phi) is 4.71. The van der Waals surface area contributed by atoms with Gasteiger partial charge in [-0.05, 0) is 12.8 Å². The molecule has 0 aliphatic carbocycles. The number of aromatic amines is 1. The first kappa shape index (κ1) is 10.7. The second kappa shape index (κ2) is 6.15. The molecule has 0 spiro atoms. The summed E-state index contributed by atoms with van der Waals surface area (Å²) in [4.78, 5) is 18.0. The average Bonchev–Trinajstić information content (AvgIpc) is 2.68. The van der Waals surface area contributed by atoms with E-state index in [0.29, 0.717) is 19.4 Å². The SMILES string of the molecule is O=C(CCCCO)NCc1ncc[nH]1. The lowest BCUT2D eigenvalue weighted by atomic mass is 10.2. The highest BCUT2D eigenvalue weighted by atomic mass is 16.2. The topological polar surface area (TPSA) is 78.0 Å². The molecule has 0 fully saturated rings. The lowest BCUT2D eigenvalue weighted by Gasteiger charge is -2.02. The van der Waals surface area contributed by atoms with Crippen LogP contribution >= 0.6 is 0 Å². The van der Waals surface area contributed by atoms with E-state index in [0.717, 1.165) is 12.2 Å². The highest BCUT2D eigenvalue weighted by Crippen LogP contribution is 1.94. The van der Waals surface area contributed by atoms with Gasteiger partial charge in [-0.3, -0.25) is 4.79 Å². The fourth-order valence-corrected chi connectivity index (χ4v) is 1.06. The number of rotatable bonds is 6. The highest BCUT2D eigenvalue weighted by Gasteiger charge is 2.01. The van der Waals surface area contributed by atoms with Crippen LogP contribution in [0.5, 0.6) is 0 Å². The lowest BCUT2D eigenvalue weighted by Crippen LogP contribution is -2.22. The van der Waals surface area contributed by atoms with Crippen LogP contribution in [0, 0.1) is 0 Å². The molecule has 0 aromatic carbocycles. The predicted molar refractivity (Wildman–Crippen MR) is 51.4 cm³/mol. The van der Waals surface area contributed by atoms with E-state index < -0.39 is 0 Å². The van der Waals surface area contributed by atoms with Gasteiger partial charge < -0.3 is 15.4 Å². The fourth-order valence-electron chi connectivity index (χ4n) is 1.06. The number of carbonyl (C=O) groups excluding carboxylic acids is 1. The fraction of sp³-hybridized carbons (Fsp3) is 0.556. The van der Waals surface area contributed by atoms with E-state index in [-0.39, 0.29) is 12.5 Å². The zero-order valence-electron chi connectivity index (χ0n) is 7.99. The number of H-pyrrole nitrogens is 1. The minimum Gasteiger partial charge on any atom is -0.396 e. The number of amides is 1. The molecule has 0 unspecified atom stereocenters. The number of hydrogen-bond acceptors (Lipinski definition) is 3. The van der Waals surface area contributed by atoms with Crippen LogP contribution in [-0.2, 0) is 11.3 Å². The van der Waals surface area contributed by atoms with Crippen LogP contribution in [-0.4, -0.2) is 27.6 Å². The molecule has 0 saturated carbocycles. The Labute approximate surface area is 82.6 Å². The number of nitrogens with zero attached hydrogens (tertiary/aromatic N) is 1. The summed E-state index contributed by atoms with van der Waals surface area (Å²) in [5, 5.41) is 11.2. The number of aliphatic hydroxyl groups is 1. The van der Waals surface area contributed by atoms with Crippen molar-refractivity contribution in [1.29, 1.82) is 0 Å². The van der Waals surface area contributed by atoms with Gasteiger partial charge in [-0.15, -0.1) is 0 Å². The van der Waals surface area contributed by atoms with Gasteiger partial charge in [-0.2, -0.15) is 0 Å². The lowest BCUT2D eigenvalue weighted by molar-refractivity contribution is -0.121. The number of carbonyl (C=O) groups is 1. The van der Waals surface area contributed by atoms with Gasteiger partial charge in [0, 0.05) is 25.4 Å². The summed E-state index contributed by atoms with van der Waals surface area (Å²) in [5.41, 5.74) is 0. The molecule has 1 amide bonds. The van der Waals surface area contributed by atoms with E-state index in [9.17, 15) is 4.79 Å². The number of hydrogen-bond donors (Lipinski definition) is 3. The monoisotopic (exact) mass is 197 g/mol. The summed E-state index contributed by atoms with van der Waals surface area (Å²) in [6.07, 6.45) is 5.22. The molecule has 0 radical (unpaired) electrons. The molecular weight excluding hydrogens is 182 g/mol.